The minimum absolute atomic E-state index is 0.841. The van der Waals surface area contributed by atoms with E-state index in [1.165, 1.54) is 16.5 Å². The van der Waals surface area contributed by atoms with Crippen LogP contribution in [0, 0.1) is 6.92 Å². The van der Waals surface area contributed by atoms with Crippen molar-refractivity contribution in [2.24, 2.45) is 7.05 Å². The van der Waals surface area contributed by atoms with Crippen LogP contribution in [0.15, 0.2) is 28.9 Å². The molecule has 0 aliphatic rings. The first-order chi connectivity index (χ1) is 6.22. The Morgan fingerprint density at radius 1 is 1.46 bits per heavy atom. The lowest BCUT2D eigenvalue weighted by Crippen LogP contribution is -1.82. The van der Waals surface area contributed by atoms with E-state index in [1.54, 1.807) is 0 Å². The molecule has 2 rings (SSSR count). The molecular weight excluding hydrogens is 226 g/mol. The zero-order chi connectivity index (χ0) is 9.42. The Balaban J connectivity index is 2.81. The van der Waals surface area contributed by atoms with Gasteiger partial charge in [0, 0.05) is 28.6 Å². The molecule has 0 fully saturated rings. The van der Waals surface area contributed by atoms with Gasteiger partial charge >= 0.3 is 0 Å². The Labute approximate surface area is 86.5 Å². The van der Waals surface area contributed by atoms with Crippen LogP contribution in [-0.2, 0) is 13.5 Å². The molecule has 0 saturated carbocycles. The smallest absolute Gasteiger partial charge is 0.0481 e. The molecule has 13 heavy (non-hydrogen) atoms. The van der Waals surface area contributed by atoms with Gasteiger partial charge in [-0.15, -0.1) is 0 Å². The van der Waals surface area contributed by atoms with Gasteiger partial charge in [-0.3, -0.25) is 0 Å². The predicted molar refractivity (Wildman–Crippen MR) is 59.7 cm³/mol. The van der Waals surface area contributed by atoms with Crippen LogP contribution in [0.1, 0.15) is 5.56 Å². The molecule has 1 aromatic carbocycles. The molecular formula is C11H11BrN. The van der Waals surface area contributed by atoms with E-state index in [9.17, 15) is 0 Å². The standard InChI is InChI=1S/C11H11BrN/c1-3-8-7-13(2)11-5-4-9(12)6-10(8)11/h4-7H,1,3H2,2H3. The van der Waals surface area contributed by atoms with Crippen LogP contribution in [0.2, 0.25) is 0 Å². The SMILES string of the molecule is [CH2]Cc1cn(C)c2ccc(Br)cc12. The largest absolute Gasteiger partial charge is 0.350 e. The Morgan fingerprint density at radius 2 is 2.23 bits per heavy atom. The van der Waals surface area contributed by atoms with E-state index >= 15 is 0 Å². The summed E-state index contributed by atoms with van der Waals surface area (Å²) in [6, 6.07) is 6.34. The lowest BCUT2D eigenvalue weighted by Gasteiger charge is -1.96. The first-order valence-electron chi connectivity index (χ1n) is 4.25. The third kappa shape index (κ3) is 1.39. The third-order valence-electron chi connectivity index (χ3n) is 2.30. The molecule has 0 unspecified atom stereocenters. The number of nitrogens with zero attached hydrogens (tertiary/aromatic N) is 1. The maximum atomic E-state index is 3.92. The average molecular weight is 237 g/mol. The number of rotatable bonds is 1. The molecule has 0 atom stereocenters. The van der Waals surface area contributed by atoms with Gasteiger partial charge in [-0.05, 0) is 37.1 Å². The zero-order valence-corrected chi connectivity index (χ0v) is 9.13. The summed E-state index contributed by atoms with van der Waals surface area (Å²) in [5.74, 6) is 0. The van der Waals surface area contributed by atoms with Gasteiger partial charge in [-0.1, -0.05) is 15.9 Å². The Kier molecular flexibility index (Phi) is 2.16. The van der Waals surface area contributed by atoms with Crippen LogP contribution in [0.25, 0.3) is 10.9 Å². The highest BCUT2D eigenvalue weighted by Gasteiger charge is 2.04. The molecule has 2 heteroatoms. The van der Waals surface area contributed by atoms with Crippen molar-refractivity contribution in [2.45, 2.75) is 6.42 Å². The molecule has 1 nitrogen and oxygen atoms in total. The summed E-state index contributed by atoms with van der Waals surface area (Å²) in [6.45, 7) is 3.92. The monoisotopic (exact) mass is 236 g/mol. The highest BCUT2D eigenvalue weighted by molar-refractivity contribution is 9.10. The van der Waals surface area contributed by atoms with E-state index < -0.39 is 0 Å². The molecule has 1 aromatic heterocycles. The number of hydrogen-bond donors (Lipinski definition) is 0. The summed E-state index contributed by atoms with van der Waals surface area (Å²) >= 11 is 3.48. The highest BCUT2D eigenvalue weighted by atomic mass is 79.9. The van der Waals surface area contributed by atoms with Crippen molar-refractivity contribution in [2.75, 3.05) is 0 Å². The van der Waals surface area contributed by atoms with Crippen molar-refractivity contribution in [3.05, 3.63) is 41.4 Å². The van der Waals surface area contributed by atoms with Gasteiger partial charge in [0.25, 0.3) is 0 Å². The van der Waals surface area contributed by atoms with Crippen LogP contribution in [-0.4, -0.2) is 4.57 Å². The number of hydrogen-bond acceptors (Lipinski definition) is 0. The molecule has 0 amide bonds. The van der Waals surface area contributed by atoms with Crippen molar-refractivity contribution in [1.82, 2.24) is 4.57 Å². The van der Waals surface area contributed by atoms with E-state index in [2.05, 4.69) is 58.9 Å². The van der Waals surface area contributed by atoms with Gasteiger partial charge in [0.15, 0.2) is 0 Å². The van der Waals surface area contributed by atoms with E-state index in [1.807, 2.05) is 0 Å². The zero-order valence-electron chi connectivity index (χ0n) is 7.55. The van der Waals surface area contributed by atoms with Crippen LogP contribution >= 0.6 is 15.9 Å². The quantitative estimate of drug-likeness (QED) is 0.717. The Hall–Kier alpha value is -0.760. The van der Waals surface area contributed by atoms with E-state index in [0.717, 1.165) is 10.9 Å². The summed E-state index contributed by atoms with van der Waals surface area (Å²) in [4.78, 5) is 0. The van der Waals surface area contributed by atoms with Crippen molar-refractivity contribution >= 4 is 26.8 Å². The molecule has 0 N–H and O–H groups in total. The Morgan fingerprint density at radius 3 is 2.92 bits per heavy atom. The summed E-state index contributed by atoms with van der Waals surface area (Å²) < 4.78 is 3.27. The van der Waals surface area contributed by atoms with E-state index in [0.29, 0.717) is 0 Å². The van der Waals surface area contributed by atoms with Crippen molar-refractivity contribution in [1.29, 1.82) is 0 Å². The minimum atomic E-state index is 0.841. The molecule has 0 saturated heterocycles. The van der Waals surface area contributed by atoms with Gasteiger partial charge in [0.05, 0.1) is 0 Å². The van der Waals surface area contributed by atoms with Gasteiger partial charge in [-0.25, -0.2) is 0 Å². The molecule has 1 radical (unpaired) electrons. The topological polar surface area (TPSA) is 4.93 Å². The molecule has 1 heterocycles. The molecule has 0 spiro atoms. The van der Waals surface area contributed by atoms with Crippen molar-refractivity contribution in [3.8, 4) is 0 Å². The molecule has 67 valence electrons. The lowest BCUT2D eigenvalue weighted by atomic mass is 10.1. The van der Waals surface area contributed by atoms with Crippen molar-refractivity contribution in [3.63, 3.8) is 0 Å². The normalized spacial score (nSPS) is 11.0. The minimum Gasteiger partial charge on any atom is -0.350 e. The fourth-order valence-electron chi connectivity index (χ4n) is 1.65. The molecule has 0 aliphatic heterocycles. The summed E-state index contributed by atoms with van der Waals surface area (Å²) in [7, 11) is 2.06. The average Bonchev–Trinajstić information content (AvgIpc) is 2.42. The van der Waals surface area contributed by atoms with Crippen LogP contribution in [0.3, 0.4) is 0 Å². The van der Waals surface area contributed by atoms with Gasteiger partial charge < -0.3 is 4.57 Å². The summed E-state index contributed by atoms with van der Waals surface area (Å²) in [6.07, 6.45) is 2.98. The van der Waals surface area contributed by atoms with Gasteiger partial charge in [0.1, 0.15) is 0 Å². The van der Waals surface area contributed by atoms with Crippen LogP contribution in [0.4, 0.5) is 0 Å². The highest BCUT2D eigenvalue weighted by Crippen LogP contribution is 2.24. The first kappa shape index (κ1) is 8.82. The fourth-order valence-corrected chi connectivity index (χ4v) is 2.01. The first-order valence-corrected chi connectivity index (χ1v) is 5.04. The Bertz CT molecular complexity index is 443. The number of aromatic nitrogens is 1. The maximum Gasteiger partial charge on any atom is 0.0481 e. The second-order valence-electron chi connectivity index (χ2n) is 3.18. The number of fused-ring (bicyclic) bond motifs is 1. The molecule has 2 aromatic rings. The summed E-state index contributed by atoms with van der Waals surface area (Å²) in [5.41, 5.74) is 2.57. The van der Waals surface area contributed by atoms with Crippen LogP contribution < -0.4 is 0 Å². The molecule has 0 aliphatic carbocycles. The predicted octanol–water partition coefficient (Wildman–Crippen LogP) is 3.32. The van der Waals surface area contributed by atoms with Gasteiger partial charge in [0.2, 0.25) is 0 Å². The number of halogens is 1. The third-order valence-corrected chi connectivity index (χ3v) is 2.80. The second kappa shape index (κ2) is 3.18. The number of benzene rings is 1. The second-order valence-corrected chi connectivity index (χ2v) is 4.09. The van der Waals surface area contributed by atoms with Gasteiger partial charge in [-0.2, -0.15) is 0 Å². The molecule has 0 bridgehead atoms. The van der Waals surface area contributed by atoms with E-state index in [-0.39, 0.29) is 0 Å². The lowest BCUT2D eigenvalue weighted by molar-refractivity contribution is 0.960. The summed E-state index contributed by atoms with van der Waals surface area (Å²) in [5, 5.41) is 1.30. The number of aryl methyl sites for hydroxylation is 1. The van der Waals surface area contributed by atoms with E-state index in [4.69, 9.17) is 0 Å². The maximum absolute atomic E-state index is 3.92. The fraction of sp³-hybridized carbons (Fsp3) is 0.182. The van der Waals surface area contributed by atoms with Crippen LogP contribution in [0.5, 0.6) is 0 Å². The van der Waals surface area contributed by atoms with Crippen molar-refractivity contribution < 1.29 is 0 Å².